The van der Waals surface area contributed by atoms with Gasteiger partial charge in [0, 0.05) is 12.8 Å². The van der Waals surface area contributed by atoms with Crippen LogP contribution in [0.25, 0.3) is 0 Å². The fourth-order valence-corrected chi connectivity index (χ4v) is 1.54. The molecule has 0 aromatic heterocycles. The number of carboxylic acid groups (broad SMARTS) is 1. The molecule has 0 radical (unpaired) electrons. The number of rotatable bonds is 9. The summed E-state index contributed by atoms with van der Waals surface area (Å²) in [7, 11) is -3.28. The van der Waals surface area contributed by atoms with E-state index in [4.69, 9.17) is 25.8 Å². The Kier molecular flexibility index (Phi) is 7.23. The molecule has 0 aliphatic carbocycles. The molecule has 0 aliphatic heterocycles. The van der Waals surface area contributed by atoms with E-state index in [1.165, 1.54) is 0 Å². The van der Waals surface area contributed by atoms with Crippen molar-refractivity contribution in [3.05, 3.63) is 0 Å². The monoisotopic (exact) mass is 300 g/mol. The highest BCUT2D eigenvalue weighted by molar-refractivity contribution is 7.90. The molecule has 0 spiro atoms. The molecule has 19 heavy (non-hydrogen) atoms. The molecule has 10 heteroatoms. The minimum atomic E-state index is -3.28. The van der Waals surface area contributed by atoms with Gasteiger partial charge in [-0.05, 0) is 0 Å². The number of nitrogens with zero attached hydrogens (tertiary/aromatic N) is 1. The fraction of sp³-hybridized carbons (Fsp3) is 0.889. The molecular formula is C9H20N2O7S. The highest BCUT2D eigenvalue weighted by Crippen LogP contribution is 2.01. The molecule has 0 unspecified atom stereocenters. The number of ether oxygens (including phenoxy) is 1. The maximum atomic E-state index is 10.9. The second-order valence-corrected chi connectivity index (χ2v) is 6.59. The van der Waals surface area contributed by atoms with Gasteiger partial charge in [-0.2, -0.15) is 0 Å². The highest BCUT2D eigenvalue weighted by atomic mass is 32.2. The zero-order valence-corrected chi connectivity index (χ0v) is 11.5. The van der Waals surface area contributed by atoms with E-state index in [0.717, 1.165) is 11.2 Å². The highest BCUT2D eigenvalue weighted by Gasteiger charge is 2.24. The van der Waals surface area contributed by atoms with Crippen LogP contribution in [0.1, 0.15) is 0 Å². The molecule has 0 aliphatic rings. The summed E-state index contributed by atoms with van der Waals surface area (Å²) in [6.07, 6.45) is -0.338. The Morgan fingerprint density at radius 2 is 1.89 bits per heavy atom. The van der Waals surface area contributed by atoms with Gasteiger partial charge in [0.2, 0.25) is 0 Å². The van der Waals surface area contributed by atoms with Crippen LogP contribution in [0.3, 0.4) is 0 Å². The second kappa shape index (κ2) is 7.60. The number of hydrogen-bond acceptors (Lipinski definition) is 7. The summed E-state index contributed by atoms with van der Waals surface area (Å²) in [5.41, 5.74) is 4.16. The van der Waals surface area contributed by atoms with E-state index in [1.807, 2.05) is 0 Å². The summed E-state index contributed by atoms with van der Waals surface area (Å²) in [6.45, 7) is -1.95. The van der Waals surface area contributed by atoms with Crippen molar-refractivity contribution in [1.29, 1.82) is 0 Å². The SMILES string of the molecule is CS(=O)(=O)CCN(COCC(N)(CO)CO)C(=O)O. The molecule has 0 aromatic rings. The van der Waals surface area contributed by atoms with Gasteiger partial charge in [-0.1, -0.05) is 0 Å². The zero-order chi connectivity index (χ0) is 15.1. The lowest BCUT2D eigenvalue weighted by Gasteiger charge is -2.26. The number of aliphatic hydroxyl groups excluding tert-OH is 2. The number of hydrogen-bond donors (Lipinski definition) is 4. The molecule has 5 N–H and O–H groups in total. The van der Waals surface area contributed by atoms with Gasteiger partial charge in [0.1, 0.15) is 16.6 Å². The van der Waals surface area contributed by atoms with Gasteiger partial charge in [0.15, 0.2) is 0 Å². The maximum absolute atomic E-state index is 10.9. The summed E-state index contributed by atoms with van der Waals surface area (Å²) < 4.78 is 26.8. The van der Waals surface area contributed by atoms with Gasteiger partial charge in [-0.3, -0.25) is 4.90 Å². The number of sulfone groups is 1. The molecular weight excluding hydrogens is 280 g/mol. The molecule has 0 heterocycles. The molecule has 0 saturated carbocycles. The van der Waals surface area contributed by atoms with Gasteiger partial charge >= 0.3 is 6.09 Å². The van der Waals surface area contributed by atoms with E-state index in [0.29, 0.717) is 0 Å². The Bertz CT molecular complexity index is 380. The first-order valence-corrected chi connectivity index (χ1v) is 7.43. The Labute approximate surface area is 111 Å². The van der Waals surface area contributed by atoms with E-state index in [9.17, 15) is 13.2 Å². The van der Waals surface area contributed by atoms with Crippen molar-refractivity contribution in [3.63, 3.8) is 0 Å². The van der Waals surface area contributed by atoms with Crippen molar-refractivity contribution >= 4 is 15.9 Å². The average Bonchev–Trinajstić information content (AvgIpc) is 2.31. The summed E-state index contributed by atoms with van der Waals surface area (Å²) in [5.74, 6) is -0.323. The lowest BCUT2D eigenvalue weighted by molar-refractivity contribution is -0.0155. The summed E-state index contributed by atoms with van der Waals surface area (Å²) in [5, 5.41) is 26.6. The average molecular weight is 300 g/mol. The van der Waals surface area contributed by atoms with Crippen LogP contribution < -0.4 is 5.73 Å². The molecule has 9 nitrogen and oxygen atoms in total. The molecule has 0 aromatic carbocycles. The van der Waals surface area contributed by atoms with Gasteiger partial charge in [-0.25, -0.2) is 13.2 Å². The minimum absolute atomic E-state index is 0.232. The predicted octanol–water partition coefficient (Wildman–Crippen LogP) is -2.33. The standard InChI is InChI=1S/C9H20N2O7S/c1-19(16,17)3-2-11(8(14)15)7-18-6-9(10,4-12)5-13/h12-13H,2-7,10H2,1H3,(H,14,15). The maximum Gasteiger partial charge on any atom is 0.409 e. The Hall–Kier alpha value is -0.940. The van der Waals surface area contributed by atoms with E-state index in [2.05, 4.69) is 0 Å². The molecule has 1 amide bonds. The number of aliphatic hydroxyl groups is 2. The lowest BCUT2D eigenvalue weighted by Crippen LogP contribution is -2.52. The largest absolute Gasteiger partial charge is 0.465 e. The zero-order valence-electron chi connectivity index (χ0n) is 10.7. The molecule has 0 bridgehead atoms. The molecule has 0 atom stereocenters. The minimum Gasteiger partial charge on any atom is -0.465 e. The van der Waals surface area contributed by atoms with Crippen molar-refractivity contribution < 1.29 is 33.3 Å². The van der Waals surface area contributed by atoms with Gasteiger partial charge in [0.05, 0.1) is 31.1 Å². The van der Waals surface area contributed by atoms with Gasteiger partial charge in [0.25, 0.3) is 0 Å². The van der Waals surface area contributed by atoms with Crippen LogP contribution in [0.15, 0.2) is 0 Å². The first kappa shape index (κ1) is 18.1. The van der Waals surface area contributed by atoms with Crippen LogP contribution >= 0.6 is 0 Å². The third-order valence-electron chi connectivity index (χ3n) is 2.27. The predicted molar refractivity (Wildman–Crippen MR) is 66.4 cm³/mol. The number of amides is 1. The van der Waals surface area contributed by atoms with Crippen molar-refractivity contribution in [2.24, 2.45) is 5.73 Å². The quantitative estimate of drug-likeness (QED) is 0.346. The van der Waals surface area contributed by atoms with E-state index >= 15 is 0 Å². The molecule has 114 valence electrons. The summed E-state index contributed by atoms with van der Waals surface area (Å²) in [6, 6.07) is 0. The lowest BCUT2D eigenvalue weighted by atomic mass is 10.1. The first-order chi connectivity index (χ1) is 8.63. The van der Waals surface area contributed by atoms with Crippen LogP contribution in [-0.4, -0.2) is 85.4 Å². The van der Waals surface area contributed by atoms with E-state index < -0.39 is 41.4 Å². The number of carbonyl (C=O) groups is 1. The molecule has 0 rings (SSSR count). The van der Waals surface area contributed by atoms with Crippen LogP contribution in [0.2, 0.25) is 0 Å². The van der Waals surface area contributed by atoms with Crippen molar-refractivity contribution in [3.8, 4) is 0 Å². The Morgan fingerprint density at radius 3 is 2.26 bits per heavy atom. The van der Waals surface area contributed by atoms with Crippen LogP contribution in [0.5, 0.6) is 0 Å². The summed E-state index contributed by atoms with van der Waals surface area (Å²) >= 11 is 0. The van der Waals surface area contributed by atoms with Crippen LogP contribution in [-0.2, 0) is 14.6 Å². The normalized spacial score (nSPS) is 12.4. The van der Waals surface area contributed by atoms with Crippen LogP contribution in [0, 0.1) is 0 Å². The molecule has 0 saturated heterocycles. The van der Waals surface area contributed by atoms with Crippen molar-refractivity contribution in [1.82, 2.24) is 4.90 Å². The van der Waals surface area contributed by atoms with Crippen LogP contribution in [0.4, 0.5) is 4.79 Å². The fourth-order valence-electron chi connectivity index (χ4n) is 0.992. The van der Waals surface area contributed by atoms with Gasteiger partial charge in [-0.15, -0.1) is 0 Å². The smallest absolute Gasteiger partial charge is 0.409 e. The van der Waals surface area contributed by atoms with E-state index in [1.54, 1.807) is 0 Å². The first-order valence-electron chi connectivity index (χ1n) is 5.37. The molecule has 0 fully saturated rings. The van der Waals surface area contributed by atoms with Gasteiger partial charge < -0.3 is 25.8 Å². The Morgan fingerprint density at radius 1 is 1.37 bits per heavy atom. The topological polar surface area (TPSA) is 150 Å². The number of nitrogens with two attached hydrogens (primary N) is 1. The third-order valence-corrected chi connectivity index (χ3v) is 3.19. The Balaban J connectivity index is 4.27. The van der Waals surface area contributed by atoms with Crippen molar-refractivity contribution in [2.75, 3.05) is 45.1 Å². The second-order valence-electron chi connectivity index (χ2n) is 4.33. The third kappa shape index (κ3) is 7.95. The van der Waals surface area contributed by atoms with Crippen molar-refractivity contribution in [2.45, 2.75) is 5.54 Å². The summed E-state index contributed by atoms with van der Waals surface area (Å²) in [4.78, 5) is 11.6. The van der Waals surface area contributed by atoms with E-state index in [-0.39, 0.29) is 18.9 Å².